The number of urea groups is 1. The molecule has 170 valence electrons. The van der Waals surface area contributed by atoms with Crippen LogP contribution in [0.1, 0.15) is 16.1 Å². The average molecular weight is 481 g/mol. The summed E-state index contributed by atoms with van der Waals surface area (Å²) < 4.78 is 16.2. The van der Waals surface area contributed by atoms with E-state index in [1.807, 2.05) is 0 Å². The number of fused-ring (bicyclic) bond motifs is 1. The van der Waals surface area contributed by atoms with E-state index in [-0.39, 0.29) is 40.2 Å². The molecule has 3 aromatic rings. The van der Waals surface area contributed by atoms with Crippen molar-refractivity contribution in [3.8, 4) is 22.8 Å². The largest absolute Gasteiger partial charge is 0.478 e. The van der Waals surface area contributed by atoms with Gasteiger partial charge in [0.1, 0.15) is 17.1 Å². The second-order valence-corrected chi connectivity index (χ2v) is 7.60. The van der Waals surface area contributed by atoms with Crippen LogP contribution in [-0.2, 0) is 9.59 Å². The first-order valence-corrected chi connectivity index (χ1v) is 10.1. The van der Waals surface area contributed by atoms with Crippen LogP contribution in [0, 0.1) is 0 Å². The predicted octanol–water partition coefficient (Wildman–Crippen LogP) is 3.69. The molecule has 10 nitrogen and oxygen atoms in total. The van der Waals surface area contributed by atoms with Crippen molar-refractivity contribution in [2.45, 2.75) is 0 Å². The maximum absolute atomic E-state index is 13.1. The van der Waals surface area contributed by atoms with Gasteiger partial charge in [-0.15, -0.1) is 0 Å². The zero-order valence-electron chi connectivity index (χ0n) is 17.0. The molecule has 0 aliphatic carbocycles. The number of anilines is 1. The number of carbonyl (C=O) groups is 4. The topological polar surface area (TPSA) is 135 Å². The third kappa shape index (κ3) is 3.65. The number of carboxylic acids is 1. The summed E-state index contributed by atoms with van der Waals surface area (Å²) in [4.78, 5) is 50.0. The van der Waals surface area contributed by atoms with Crippen LogP contribution in [0.2, 0.25) is 5.02 Å². The summed E-state index contributed by atoms with van der Waals surface area (Å²) in [5.41, 5.74) is 0.171. The summed E-state index contributed by atoms with van der Waals surface area (Å²) in [5.74, 6) is -1.72. The third-order valence-corrected chi connectivity index (χ3v) is 5.44. The zero-order chi connectivity index (χ0) is 24.0. The van der Waals surface area contributed by atoms with Crippen LogP contribution in [0.25, 0.3) is 17.4 Å². The number of ether oxygens (including phenoxy) is 2. The van der Waals surface area contributed by atoms with Crippen molar-refractivity contribution >= 4 is 47.2 Å². The van der Waals surface area contributed by atoms with Gasteiger partial charge in [-0.1, -0.05) is 11.6 Å². The molecule has 2 aliphatic rings. The second-order valence-electron chi connectivity index (χ2n) is 7.20. The normalized spacial score (nSPS) is 16.2. The monoisotopic (exact) mass is 480 g/mol. The summed E-state index contributed by atoms with van der Waals surface area (Å²) in [6.07, 6.45) is 1.18. The molecule has 2 aliphatic heterocycles. The summed E-state index contributed by atoms with van der Waals surface area (Å²) in [5, 5.41) is 11.6. The Hall–Kier alpha value is -4.57. The van der Waals surface area contributed by atoms with Gasteiger partial charge in [0.25, 0.3) is 11.8 Å². The summed E-state index contributed by atoms with van der Waals surface area (Å²) in [7, 11) is 0. The van der Waals surface area contributed by atoms with Crippen molar-refractivity contribution in [3.63, 3.8) is 0 Å². The first-order valence-electron chi connectivity index (χ1n) is 9.76. The number of imide groups is 2. The molecule has 34 heavy (non-hydrogen) atoms. The molecule has 1 saturated heterocycles. The van der Waals surface area contributed by atoms with Gasteiger partial charge in [0.05, 0.1) is 16.3 Å². The highest BCUT2D eigenvalue weighted by molar-refractivity contribution is 6.39. The number of hydrogen-bond donors (Lipinski definition) is 2. The molecule has 1 aromatic heterocycles. The van der Waals surface area contributed by atoms with Crippen molar-refractivity contribution < 1.29 is 38.2 Å². The predicted molar refractivity (Wildman–Crippen MR) is 118 cm³/mol. The summed E-state index contributed by atoms with van der Waals surface area (Å²) >= 11 is 6.18. The molecule has 4 amide bonds. The fourth-order valence-electron chi connectivity index (χ4n) is 3.48. The molecular formula is C23H13ClN2O8. The van der Waals surface area contributed by atoms with Crippen LogP contribution >= 0.6 is 11.6 Å². The Bertz CT molecular complexity index is 1420. The molecule has 0 unspecified atom stereocenters. The molecule has 0 radical (unpaired) electrons. The van der Waals surface area contributed by atoms with Crippen molar-refractivity contribution in [3.05, 3.63) is 70.5 Å². The van der Waals surface area contributed by atoms with Gasteiger partial charge in [-0.2, -0.15) is 0 Å². The minimum atomic E-state index is -1.13. The number of carbonyl (C=O) groups excluding carboxylic acids is 3. The first-order chi connectivity index (χ1) is 16.3. The van der Waals surface area contributed by atoms with Crippen molar-refractivity contribution in [1.29, 1.82) is 0 Å². The summed E-state index contributed by atoms with van der Waals surface area (Å²) in [6, 6.07) is 10.7. The number of aromatic carboxylic acids is 1. The lowest BCUT2D eigenvalue weighted by atomic mass is 10.1. The molecule has 0 spiro atoms. The van der Waals surface area contributed by atoms with E-state index in [0.717, 1.165) is 4.90 Å². The van der Waals surface area contributed by atoms with Crippen LogP contribution in [0.4, 0.5) is 10.5 Å². The van der Waals surface area contributed by atoms with Gasteiger partial charge in [-0.25, -0.2) is 14.5 Å². The van der Waals surface area contributed by atoms with E-state index in [9.17, 15) is 24.3 Å². The van der Waals surface area contributed by atoms with Crippen LogP contribution in [0.15, 0.2) is 58.5 Å². The van der Waals surface area contributed by atoms with Gasteiger partial charge in [-0.05, 0) is 48.5 Å². The van der Waals surface area contributed by atoms with Gasteiger partial charge in [0.15, 0.2) is 11.5 Å². The van der Waals surface area contributed by atoms with E-state index < -0.39 is 23.8 Å². The number of amides is 4. The van der Waals surface area contributed by atoms with E-state index in [1.54, 1.807) is 6.07 Å². The highest BCUT2D eigenvalue weighted by Crippen LogP contribution is 2.36. The Morgan fingerprint density at radius 3 is 2.62 bits per heavy atom. The number of nitrogens with zero attached hydrogens (tertiary/aromatic N) is 1. The van der Waals surface area contributed by atoms with Crippen LogP contribution in [0.3, 0.4) is 0 Å². The second kappa shape index (κ2) is 8.09. The van der Waals surface area contributed by atoms with E-state index in [4.69, 9.17) is 25.5 Å². The van der Waals surface area contributed by atoms with E-state index >= 15 is 0 Å². The lowest BCUT2D eigenvalue weighted by Gasteiger charge is -2.26. The van der Waals surface area contributed by atoms with Crippen LogP contribution in [-0.4, -0.2) is 35.7 Å². The SMILES string of the molecule is O=C1NC(=O)N(c2ccc3c(c2)OCO3)C(=O)/C1=C/c1ccc(-c2cc(C(=O)O)ccc2Cl)o1. The highest BCUT2D eigenvalue weighted by atomic mass is 35.5. The molecule has 5 rings (SSSR count). The Morgan fingerprint density at radius 1 is 1.03 bits per heavy atom. The summed E-state index contributed by atoms with van der Waals surface area (Å²) in [6.45, 7) is 0.0167. The molecule has 2 aromatic carbocycles. The number of halogens is 1. The molecule has 1 fully saturated rings. The van der Waals surface area contributed by atoms with Gasteiger partial charge in [-0.3, -0.25) is 14.9 Å². The fraction of sp³-hybridized carbons (Fsp3) is 0.0435. The van der Waals surface area contributed by atoms with E-state index in [0.29, 0.717) is 17.1 Å². The smallest absolute Gasteiger partial charge is 0.335 e. The number of furan rings is 1. The molecule has 2 N–H and O–H groups in total. The Morgan fingerprint density at radius 2 is 1.82 bits per heavy atom. The number of carboxylic acid groups (broad SMARTS) is 1. The van der Waals surface area contributed by atoms with Gasteiger partial charge in [0.2, 0.25) is 6.79 Å². The molecule has 3 heterocycles. The standard InChI is InChI=1S/C23H13ClN2O8/c24-16-4-1-11(22(29)30)7-14(16)17-6-3-13(34-17)9-15-20(27)25-23(31)26(21(15)28)12-2-5-18-19(8-12)33-10-32-18/h1-9H,10H2,(H,29,30)(H,25,27,31)/b15-9+. The van der Waals surface area contributed by atoms with E-state index in [1.165, 1.54) is 48.5 Å². The minimum Gasteiger partial charge on any atom is -0.478 e. The fourth-order valence-corrected chi connectivity index (χ4v) is 3.69. The molecule has 0 saturated carbocycles. The average Bonchev–Trinajstić information content (AvgIpc) is 3.46. The molecule has 11 heteroatoms. The number of hydrogen-bond acceptors (Lipinski definition) is 7. The van der Waals surface area contributed by atoms with E-state index in [2.05, 4.69) is 5.32 Å². The Balaban J connectivity index is 1.48. The molecule has 0 bridgehead atoms. The van der Waals surface area contributed by atoms with Crippen LogP contribution < -0.4 is 19.7 Å². The lowest BCUT2D eigenvalue weighted by Crippen LogP contribution is -2.54. The molecule has 0 atom stereocenters. The maximum atomic E-state index is 13.1. The number of barbiturate groups is 1. The quantitative estimate of drug-likeness (QED) is 0.426. The highest BCUT2D eigenvalue weighted by Gasteiger charge is 2.37. The maximum Gasteiger partial charge on any atom is 0.335 e. The van der Waals surface area contributed by atoms with Gasteiger partial charge in [0, 0.05) is 11.6 Å². The van der Waals surface area contributed by atoms with Crippen LogP contribution in [0.5, 0.6) is 11.5 Å². The Labute approximate surface area is 195 Å². The van der Waals surface area contributed by atoms with Gasteiger partial charge < -0.3 is 19.0 Å². The lowest BCUT2D eigenvalue weighted by molar-refractivity contribution is -0.122. The van der Waals surface area contributed by atoms with Crippen molar-refractivity contribution in [1.82, 2.24) is 5.32 Å². The van der Waals surface area contributed by atoms with Gasteiger partial charge >= 0.3 is 12.0 Å². The zero-order valence-corrected chi connectivity index (χ0v) is 17.8. The first kappa shape index (κ1) is 21.3. The number of rotatable bonds is 4. The number of benzene rings is 2. The minimum absolute atomic E-state index is 0.00965. The number of nitrogens with one attached hydrogen (secondary N) is 1. The third-order valence-electron chi connectivity index (χ3n) is 5.11. The molecular weight excluding hydrogens is 468 g/mol. The van der Waals surface area contributed by atoms with Crippen molar-refractivity contribution in [2.75, 3.05) is 11.7 Å². The Kier molecular flexibility index (Phi) is 5.06. The van der Waals surface area contributed by atoms with Crippen molar-refractivity contribution in [2.24, 2.45) is 0 Å².